The zero-order valence-corrected chi connectivity index (χ0v) is 20.9. The molecule has 0 unspecified atom stereocenters. The predicted octanol–water partition coefficient (Wildman–Crippen LogP) is 4.80. The first-order chi connectivity index (χ1) is 16.4. The van der Waals surface area contributed by atoms with Crippen LogP contribution in [-0.4, -0.2) is 31.9 Å². The van der Waals surface area contributed by atoms with Gasteiger partial charge in [0.15, 0.2) is 15.6 Å². The molecule has 3 aromatic rings. The lowest BCUT2D eigenvalue weighted by Gasteiger charge is -2.19. The van der Waals surface area contributed by atoms with Gasteiger partial charge in [-0.15, -0.1) is 0 Å². The molecule has 3 rings (SSSR count). The molecular formula is C28H30FNO4S. The van der Waals surface area contributed by atoms with Crippen LogP contribution in [0, 0.1) is 11.2 Å². The zero-order chi connectivity index (χ0) is 25.6. The zero-order valence-electron chi connectivity index (χ0n) is 20.1. The van der Waals surface area contributed by atoms with Crippen molar-refractivity contribution in [3.8, 4) is 0 Å². The molecule has 35 heavy (non-hydrogen) atoms. The fourth-order valence-electron chi connectivity index (χ4n) is 3.73. The van der Waals surface area contributed by atoms with Crippen molar-refractivity contribution in [2.45, 2.75) is 44.6 Å². The summed E-state index contributed by atoms with van der Waals surface area (Å²) >= 11 is 0. The number of nitrogens with one attached hydrogen (secondary N) is 1. The van der Waals surface area contributed by atoms with Crippen molar-refractivity contribution >= 4 is 21.5 Å². The Morgan fingerprint density at radius 1 is 0.857 bits per heavy atom. The van der Waals surface area contributed by atoms with Gasteiger partial charge in [0, 0.05) is 12.0 Å². The summed E-state index contributed by atoms with van der Waals surface area (Å²) in [6.07, 6.45) is 0.325. The van der Waals surface area contributed by atoms with Gasteiger partial charge in [0.05, 0.1) is 16.7 Å². The van der Waals surface area contributed by atoms with Crippen LogP contribution >= 0.6 is 0 Å². The Hall–Kier alpha value is -3.32. The van der Waals surface area contributed by atoms with Crippen LogP contribution in [0.25, 0.3) is 0 Å². The molecule has 0 aliphatic rings. The minimum atomic E-state index is -3.44. The molecule has 0 radical (unpaired) electrons. The Kier molecular flexibility index (Phi) is 8.22. The lowest BCUT2D eigenvalue weighted by Crippen LogP contribution is -2.43. The van der Waals surface area contributed by atoms with Gasteiger partial charge >= 0.3 is 0 Å². The largest absolute Gasteiger partial charge is 0.342 e. The number of halogens is 1. The van der Waals surface area contributed by atoms with Gasteiger partial charge in [0.25, 0.3) is 5.91 Å². The summed E-state index contributed by atoms with van der Waals surface area (Å²) in [5.41, 5.74) is 1.42. The second-order valence-electron chi connectivity index (χ2n) is 9.83. The normalized spacial score (nSPS) is 12.7. The van der Waals surface area contributed by atoms with Crippen molar-refractivity contribution in [1.29, 1.82) is 0 Å². The maximum atomic E-state index is 13.2. The topological polar surface area (TPSA) is 80.3 Å². The number of amides is 1. The number of Topliss-reactive ketones (excluding diaryl/α,β-unsaturated/α-hetero) is 1. The number of sulfone groups is 1. The monoisotopic (exact) mass is 495 g/mol. The molecule has 0 spiro atoms. The number of hydrogen-bond donors (Lipinski definition) is 1. The lowest BCUT2D eigenvalue weighted by molar-refractivity contribution is -0.120. The smallest absolute Gasteiger partial charge is 0.251 e. The highest BCUT2D eigenvalue weighted by Gasteiger charge is 2.25. The summed E-state index contributed by atoms with van der Waals surface area (Å²) in [6, 6.07) is 20.0. The Morgan fingerprint density at radius 3 is 2.03 bits per heavy atom. The first-order valence-corrected chi connectivity index (χ1v) is 13.0. The van der Waals surface area contributed by atoms with E-state index in [2.05, 4.69) is 5.32 Å². The van der Waals surface area contributed by atoms with Crippen LogP contribution in [0.1, 0.15) is 42.3 Å². The molecule has 0 aliphatic heterocycles. The maximum absolute atomic E-state index is 13.2. The highest BCUT2D eigenvalue weighted by molar-refractivity contribution is 7.91. The van der Waals surface area contributed by atoms with Crippen molar-refractivity contribution in [3.05, 3.63) is 101 Å². The van der Waals surface area contributed by atoms with E-state index in [1.54, 1.807) is 12.1 Å². The molecule has 0 heterocycles. The van der Waals surface area contributed by atoms with Gasteiger partial charge in [-0.05, 0) is 59.4 Å². The van der Waals surface area contributed by atoms with E-state index in [1.165, 1.54) is 36.4 Å². The molecule has 5 nitrogen and oxygen atoms in total. The van der Waals surface area contributed by atoms with E-state index in [0.717, 1.165) is 5.56 Å². The molecule has 7 heteroatoms. The third kappa shape index (κ3) is 7.86. The minimum Gasteiger partial charge on any atom is -0.342 e. The summed E-state index contributed by atoms with van der Waals surface area (Å²) in [6.45, 7) is 5.60. The number of hydrogen-bond acceptors (Lipinski definition) is 4. The van der Waals surface area contributed by atoms with Crippen LogP contribution in [0.4, 0.5) is 4.39 Å². The molecule has 184 valence electrons. The third-order valence-electron chi connectivity index (χ3n) is 5.37. The SMILES string of the molecule is CC(C)(C)CS(=O)(=O)c1ccc(CC(=O)[C@H](Cc2ccccc2)NC(=O)c2ccc(F)cc2)cc1. The fourth-order valence-corrected chi connectivity index (χ4v) is 5.59. The van der Waals surface area contributed by atoms with Crippen LogP contribution in [-0.2, 0) is 27.5 Å². The van der Waals surface area contributed by atoms with Crippen molar-refractivity contribution in [2.75, 3.05) is 5.75 Å². The van der Waals surface area contributed by atoms with Crippen molar-refractivity contribution in [2.24, 2.45) is 5.41 Å². The molecule has 1 amide bonds. The molecule has 1 N–H and O–H groups in total. The summed E-state index contributed by atoms with van der Waals surface area (Å²) in [7, 11) is -3.44. The molecule has 0 saturated carbocycles. The van der Waals surface area contributed by atoms with Gasteiger partial charge in [0.1, 0.15) is 5.82 Å². The molecular weight excluding hydrogens is 465 g/mol. The molecule has 0 fully saturated rings. The standard InChI is InChI=1S/C28H30FNO4S/c1-28(2,3)19-35(33,34)24-15-9-21(10-16-24)18-26(31)25(17-20-7-5-4-6-8-20)30-27(32)22-11-13-23(29)14-12-22/h4-16,25H,17-19H2,1-3H3,(H,30,32)/t25-/m0/s1. The predicted molar refractivity (Wildman–Crippen MR) is 134 cm³/mol. The van der Waals surface area contributed by atoms with E-state index in [-0.39, 0.29) is 33.8 Å². The van der Waals surface area contributed by atoms with Gasteiger partial charge in [-0.25, -0.2) is 12.8 Å². The first kappa shape index (κ1) is 26.3. The highest BCUT2D eigenvalue weighted by Crippen LogP contribution is 2.22. The van der Waals surface area contributed by atoms with E-state index < -0.39 is 27.6 Å². The average Bonchev–Trinajstić information content (AvgIpc) is 2.78. The van der Waals surface area contributed by atoms with E-state index in [0.29, 0.717) is 12.0 Å². The number of ketones is 1. The maximum Gasteiger partial charge on any atom is 0.251 e. The lowest BCUT2D eigenvalue weighted by atomic mass is 9.97. The Morgan fingerprint density at radius 2 is 1.46 bits per heavy atom. The number of benzene rings is 3. The van der Waals surface area contributed by atoms with Gasteiger partial charge in [-0.2, -0.15) is 0 Å². The van der Waals surface area contributed by atoms with Crippen LogP contribution < -0.4 is 5.32 Å². The van der Waals surface area contributed by atoms with E-state index in [9.17, 15) is 22.4 Å². The molecule has 0 aliphatic carbocycles. The molecule has 0 saturated heterocycles. The molecule has 1 atom stereocenters. The highest BCUT2D eigenvalue weighted by atomic mass is 32.2. The second kappa shape index (κ2) is 11.0. The summed E-state index contributed by atoms with van der Waals surface area (Å²) in [5, 5.41) is 2.78. The van der Waals surface area contributed by atoms with E-state index in [4.69, 9.17) is 0 Å². The molecule has 3 aromatic carbocycles. The second-order valence-corrected chi connectivity index (χ2v) is 11.8. The average molecular weight is 496 g/mol. The number of carbonyl (C=O) groups excluding carboxylic acids is 2. The Labute approximate surface area is 206 Å². The van der Waals surface area contributed by atoms with Crippen molar-refractivity contribution < 1.29 is 22.4 Å². The Balaban J connectivity index is 1.77. The summed E-state index contributed by atoms with van der Waals surface area (Å²) < 4.78 is 38.5. The quantitative estimate of drug-likeness (QED) is 0.463. The van der Waals surface area contributed by atoms with Gasteiger partial charge in [0.2, 0.25) is 0 Å². The summed E-state index contributed by atoms with van der Waals surface area (Å²) in [4.78, 5) is 26.2. The number of rotatable bonds is 9. The van der Waals surface area contributed by atoms with Crippen molar-refractivity contribution in [1.82, 2.24) is 5.32 Å². The van der Waals surface area contributed by atoms with Crippen LogP contribution in [0.3, 0.4) is 0 Å². The van der Waals surface area contributed by atoms with E-state index >= 15 is 0 Å². The third-order valence-corrected chi connectivity index (χ3v) is 7.60. The summed E-state index contributed by atoms with van der Waals surface area (Å²) in [5.74, 6) is -1.11. The molecule has 0 aromatic heterocycles. The Bertz CT molecular complexity index is 1260. The van der Waals surface area contributed by atoms with Crippen molar-refractivity contribution in [3.63, 3.8) is 0 Å². The fraction of sp³-hybridized carbons (Fsp3) is 0.286. The van der Waals surface area contributed by atoms with Crippen LogP contribution in [0.5, 0.6) is 0 Å². The van der Waals surface area contributed by atoms with E-state index in [1.807, 2.05) is 51.1 Å². The van der Waals surface area contributed by atoms with Gasteiger partial charge in [-0.1, -0.05) is 63.2 Å². The minimum absolute atomic E-state index is 0.0207. The van der Waals surface area contributed by atoms with Crippen LogP contribution in [0.15, 0.2) is 83.8 Å². The molecule has 0 bridgehead atoms. The first-order valence-electron chi connectivity index (χ1n) is 11.4. The van der Waals surface area contributed by atoms with Gasteiger partial charge < -0.3 is 5.32 Å². The van der Waals surface area contributed by atoms with Gasteiger partial charge in [-0.3, -0.25) is 9.59 Å². The number of carbonyl (C=O) groups is 2. The van der Waals surface area contributed by atoms with Crippen LogP contribution in [0.2, 0.25) is 0 Å².